The molecule has 134 valence electrons. The second-order valence-corrected chi connectivity index (χ2v) is 6.16. The van der Waals surface area contributed by atoms with Crippen molar-refractivity contribution in [3.63, 3.8) is 0 Å². The molecular formula is C20H20N2O4. The van der Waals surface area contributed by atoms with Crippen molar-refractivity contribution < 1.29 is 19.1 Å². The van der Waals surface area contributed by atoms with E-state index in [4.69, 9.17) is 4.74 Å². The molecule has 0 radical (unpaired) electrons. The number of hydrogen-bond acceptors (Lipinski definition) is 4. The van der Waals surface area contributed by atoms with Crippen LogP contribution in [-0.4, -0.2) is 29.3 Å². The van der Waals surface area contributed by atoms with E-state index in [0.717, 1.165) is 17.0 Å². The van der Waals surface area contributed by atoms with E-state index in [1.807, 2.05) is 18.2 Å². The number of nitrogens with zero attached hydrogens (tertiary/aromatic N) is 1. The lowest BCUT2D eigenvalue weighted by atomic mass is 9.98. The van der Waals surface area contributed by atoms with E-state index < -0.39 is 17.7 Å². The summed E-state index contributed by atoms with van der Waals surface area (Å²) >= 11 is 0. The van der Waals surface area contributed by atoms with E-state index in [-0.39, 0.29) is 17.7 Å². The number of ether oxygens (including phenoxy) is 1. The number of amides is 3. The summed E-state index contributed by atoms with van der Waals surface area (Å²) in [7, 11) is 0. The molecule has 1 aliphatic heterocycles. The van der Waals surface area contributed by atoms with Crippen molar-refractivity contribution in [1.82, 2.24) is 10.4 Å². The summed E-state index contributed by atoms with van der Waals surface area (Å²) in [4.78, 5) is 36.7. The number of hydrazine groups is 1. The topological polar surface area (TPSA) is 75.7 Å². The summed E-state index contributed by atoms with van der Waals surface area (Å²) in [5, 5.41) is 0.733. The van der Waals surface area contributed by atoms with Crippen molar-refractivity contribution in [2.24, 2.45) is 0 Å². The van der Waals surface area contributed by atoms with E-state index in [1.54, 1.807) is 30.3 Å². The highest BCUT2D eigenvalue weighted by Gasteiger charge is 2.36. The average molecular weight is 352 g/mol. The second-order valence-electron chi connectivity index (χ2n) is 6.16. The minimum atomic E-state index is -0.571. The minimum absolute atomic E-state index is 0.279. The molecule has 3 rings (SSSR count). The Kier molecular flexibility index (Phi) is 5.02. The van der Waals surface area contributed by atoms with Gasteiger partial charge in [0.05, 0.1) is 11.1 Å². The van der Waals surface area contributed by atoms with Crippen molar-refractivity contribution in [2.75, 3.05) is 6.61 Å². The fraction of sp³-hybridized carbons (Fsp3) is 0.250. The first kappa shape index (κ1) is 17.7. The van der Waals surface area contributed by atoms with Gasteiger partial charge in [0.25, 0.3) is 17.7 Å². The van der Waals surface area contributed by atoms with Gasteiger partial charge in [0.15, 0.2) is 6.61 Å². The Morgan fingerprint density at radius 1 is 1.04 bits per heavy atom. The van der Waals surface area contributed by atoms with Crippen molar-refractivity contribution >= 4 is 17.7 Å². The zero-order valence-corrected chi connectivity index (χ0v) is 14.7. The molecule has 0 aliphatic carbocycles. The molecule has 0 aromatic heterocycles. The molecule has 0 saturated heterocycles. The molecule has 0 fully saturated rings. The van der Waals surface area contributed by atoms with Crippen LogP contribution in [-0.2, 0) is 4.79 Å². The highest BCUT2D eigenvalue weighted by atomic mass is 16.5. The monoisotopic (exact) mass is 352 g/mol. The van der Waals surface area contributed by atoms with Crippen LogP contribution in [0.1, 0.15) is 52.5 Å². The number of nitrogens with one attached hydrogen (secondary N) is 1. The Morgan fingerprint density at radius 3 is 2.23 bits per heavy atom. The second kappa shape index (κ2) is 7.39. The van der Waals surface area contributed by atoms with Crippen molar-refractivity contribution in [1.29, 1.82) is 0 Å². The first-order valence-electron chi connectivity index (χ1n) is 8.52. The summed E-state index contributed by atoms with van der Waals surface area (Å²) in [6.07, 6.45) is 0.946. The van der Waals surface area contributed by atoms with Gasteiger partial charge in [0, 0.05) is 0 Å². The third kappa shape index (κ3) is 3.31. The molecule has 2 aromatic carbocycles. The van der Waals surface area contributed by atoms with Crippen LogP contribution in [0.3, 0.4) is 0 Å². The lowest BCUT2D eigenvalue weighted by molar-refractivity contribution is -0.126. The number of para-hydroxylation sites is 1. The average Bonchev–Trinajstić information content (AvgIpc) is 2.91. The standard InChI is InChI=1S/C20H20N2O4/c1-3-13(2)14-8-6-7-11-17(14)26-12-18(23)21-22-19(24)15-9-4-5-10-16(15)20(22)25/h4-11,13H,3,12H2,1-2H3,(H,21,23)/t13-/m0/s1. The normalized spacial score (nSPS) is 14.2. The molecule has 0 spiro atoms. The van der Waals surface area contributed by atoms with Crippen LogP contribution < -0.4 is 10.2 Å². The molecule has 6 nitrogen and oxygen atoms in total. The maximum atomic E-state index is 12.2. The number of carbonyl (C=O) groups excluding carboxylic acids is 3. The van der Waals surface area contributed by atoms with Gasteiger partial charge >= 0.3 is 0 Å². The van der Waals surface area contributed by atoms with Gasteiger partial charge < -0.3 is 4.74 Å². The van der Waals surface area contributed by atoms with Crippen LogP contribution in [0.25, 0.3) is 0 Å². The molecule has 0 bridgehead atoms. The maximum Gasteiger partial charge on any atom is 0.280 e. The van der Waals surface area contributed by atoms with Crippen LogP contribution in [0.4, 0.5) is 0 Å². The molecule has 2 aromatic rings. The fourth-order valence-corrected chi connectivity index (χ4v) is 2.83. The van der Waals surface area contributed by atoms with E-state index in [1.165, 1.54) is 0 Å². The molecule has 0 saturated carbocycles. The van der Waals surface area contributed by atoms with Gasteiger partial charge in [-0.1, -0.05) is 44.2 Å². The van der Waals surface area contributed by atoms with Gasteiger partial charge in [-0.3, -0.25) is 19.8 Å². The molecule has 1 heterocycles. The number of benzene rings is 2. The third-order valence-corrected chi connectivity index (χ3v) is 4.45. The molecule has 1 atom stereocenters. The predicted octanol–water partition coefficient (Wildman–Crippen LogP) is 2.91. The van der Waals surface area contributed by atoms with Crippen LogP contribution in [0.5, 0.6) is 5.75 Å². The van der Waals surface area contributed by atoms with Crippen LogP contribution in [0.15, 0.2) is 48.5 Å². The molecular weight excluding hydrogens is 332 g/mol. The molecule has 1 N–H and O–H groups in total. The van der Waals surface area contributed by atoms with E-state index in [0.29, 0.717) is 11.7 Å². The maximum absolute atomic E-state index is 12.2. The summed E-state index contributed by atoms with van der Waals surface area (Å²) in [6, 6.07) is 14.0. The number of fused-ring (bicyclic) bond motifs is 1. The molecule has 3 amide bonds. The molecule has 26 heavy (non-hydrogen) atoms. The van der Waals surface area contributed by atoms with Crippen molar-refractivity contribution in [2.45, 2.75) is 26.2 Å². The summed E-state index contributed by atoms with van der Waals surface area (Å²) in [6.45, 7) is 3.87. The number of imide groups is 1. The summed E-state index contributed by atoms with van der Waals surface area (Å²) in [5.74, 6) is -0.735. The zero-order chi connectivity index (χ0) is 18.7. The van der Waals surface area contributed by atoms with Crippen LogP contribution >= 0.6 is 0 Å². The van der Waals surface area contributed by atoms with Gasteiger partial charge in [0.2, 0.25) is 0 Å². The highest BCUT2D eigenvalue weighted by Crippen LogP contribution is 2.28. The van der Waals surface area contributed by atoms with Crippen molar-refractivity contribution in [3.05, 3.63) is 65.2 Å². The largest absolute Gasteiger partial charge is 0.483 e. The first-order valence-corrected chi connectivity index (χ1v) is 8.52. The number of hydrogen-bond donors (Lipinski definition) is 1. The van der Waals surface area contributed by atoms with Crippen molar-refractivity contribution in [3.8, 4) is 5.75 Å². The van der Waals surface area contributed by atoms with Gasteiger partial charge in [-0.25, -0.2) is 0 Å². The van der Waals surface area contributed by atoms with Gasteiger partial charge in [0.1, 0.15) is 5.75 Å². The summed E-state index contributed by atoms with van der Waals surface area (Å²) in [5.41, 5.74) is 3.90. The Balaban J connectivity index is 1.65. The van der Waals surface area contributed by atoms with E-state index in [9.17, 15) is 14.4 Å². The Hall–Kier alpha value is -3.15. The van der Waals surface area contributed by atoms with Gasteiger partial charge in [-0.15, -0.1) is 0 Å². The van der Waals surface area contributed by atoms with Crippen LogP contribution in [0, 0.1) is 0 Å². The lowest BCUT2D eigenvalue weighted by Crippen LogP contribution is -2.47. The minimum Gasteiger partial charge on any atom is -0.483 e. The predicted molar refractivity (Wildman–Crippen MR) is 95.7 cm³/mol. The first-order chi connectivity index (χ1) is 12.5. The van der Waals surface area contributed by atoms with E-state index in [2.05, 4.69) is 19.3 Å². The van der Waals surface area contributed by atoms with Crippen LogP contribution in [0.2, 0.25) is 0 Å². The highest BCUT2D eigenvalue weighted by molar-refractivity contribution is 6.21. The van der Waals surface area contributed by atoms with E-state index >= 15 is 0 Å². The molecule has 1 aliphatic rings. The number of rotatable bonds is 6. The lowest BCUT2D eigenvalue weighted by Gasteiger charge is -2.17. The van der Waals surface area contributed by atoms with Gasteiger partial charge in [-0.2, -0.15) is 5.01 Å². The fourth-order valence-electron chi connectivity index (χ4n) is 2.83. The summed E-state index contributed by atoms with van der Waals surface area (Å²) < 4.78 is 5.62. The number of carbonyl (C=O) groups is 3. The SMILES string of the molecule is CC[C@H](C)c1ccccc1OCC(=O)NN1C(=O)c2ccccc2C1=O. The molecule has 0 unspecified atom stereocenters. The third-order valence-electron chi connectivity index (χ3n) is 4.45. The smallest absolute Gasteiger partial charge is 0.280 e. The molecule has 6 heteroatoms. The Labute approximate surface area is 151 Å². The Morgan fingerprint density at radius 2 is 1.62 bits per heavy atom. The zero-order valence-electron chi connectivity index (χ0n) is 14.7. The Bertz CT molecular complexity index is 827. The van der Waals surface area contributed by atoms with Gasteiger partial charge in [-0.05, 0) is 36.1 Å². The quantitative estimate of drug-likeness (QED) is 0.811.